The number of aromatic nitrogens is 2. The van der Waals surface area contributed by atoms with Crippen molar-refractivity contribution in [3.8, 4) is 0 Å². The zero-order chi connectivity index (χ0) is 15.5. The summed E-state index contributed by atoms with van der Waals surface area (Å²) < 4.78 is 2.20. The van der Waals surface area contributed by atoms with Crippen LogP contribution in [0, 0.1) is 5.92 Å². The normalized spacial score (nSPS) is 22.0. The second-order valence-electron chi connectivity index (χ2n) is 6.96. The Bertz CT molecular complexity index is 611. The van der Waals surface area contributed by atoms with Crippen molar-refractivity contribution >= 4 is 0 Å². The van der Waals surface area contributed by atoms with Crippen molar-refractivity contribution < 1.29 is 0 Å². The van der Waals surface area contributed by atoms with E-state index in [2.05, 4.69) is 51.3 Å². The highest BCUT2D eigenvalue weighted by Crippen LogP contribution is 2.22. The van der Waals surface area contributed by atoms with Crippen molar-refractivity contribution in [3.05, 3.63) is 53.3 Å². The fourth-order valence-electron chi connectivity index (χ4n) is 3.90. The standard InChI is InChI=1S/C19H26N4/c1-2-5-16(6-3-1)11-17-7-10-22(14-17)15-18-12-19-13-20-8-4-9-23(19)21-18/h1-3,5-6,12,17,20H,4,7-11,13-15H2. The molecule has 1 atom stereocenters. The lowest BCUT2D eigenvalue weighted by Crippen LogP contribution is -2.21. The summed E-state index contributed by atoms with van der Waals surface area (Å²) in [5, 5.41) is 8.29. The Labute approximate surface area is 138 Å². The number of nitrogens with zero attached hydrogens (tertiary/aromatic N) is 3. The molecule has 1 N–H and O–H groups in total. The van der Waals surface area contributed by atoms with E-state index in [0.29, 0.717) is 0 Å². The van der Waals surface area contributed by atoms with E-state index < -0.39 is 0 Å². The Hall–Kier alpha value is -1.65. The molecule has 1 aromatic carbocycles. The minimum atomic E-state index is 0.791. The Morgan fingerprint density at radius 1 is 1.17 bits per heavy atom. The van der Waals surface area contributed by atoms with Gasteiger partial charge in [-0.2, -0.15) is 5.10 Å². The molecule has 2 aromatic rings. The van der Waals surface area contributed by atoms with Crippen molar-refractivity contribution in [1.82, 2.24) is 20.0 Å². The quantitative estimate of drug-likeness (QED) is 0.941. The largest absolute Gasteiger partial charge is 0.311 e. The van der Waals surface area contributed by atoms with Crippen LogP contribution in [0.4, 0.5) is 0 Å². The summed E-state index contributed by atoms with van der Waals surface area (Å²) in [7, 11) is 0. The fourth-order valence-corrected chi connectivity index (χ4v) is 3.90. The van der Waals surface area contributed by atoms with E-state index in [1.807, 2.05) is 0 Å². The molecule has 2 aliphatic rings. The van der Waals surface area contributed by atoms with Crippen LogP contribution in [-0.4, -0.2) is 34.3 Å². The molecule has 1 fully saturated rings. The molecule has 0 spiro atoms. The molecule has 1 saturated heterocycles. The molecule has 0 aliphatic carbocycles. The molecular formula is C19H26N4. The van der Waals surface area contributed by atoms with Crippen molar-refractivity contribution in [2.24, 2.45) is 5.92 Å². The third-order valence-corrected chi connectivity index (χ3v) is 5.07. The zero-order valence-electron chi connectivity index (χ0n) is 13.7. The van der Waals surface area contributed by atoms with Crippen molar-refractivity contribution in [2.45, 2.75) is 38.9 Å². The number of hydrogen-bond acceptors (Lipinski definition) is 3. The maximum absolute atomic E-state index is 4.82. The van der Waals surface area contributed by atoms with Gasteiger partial charge >= 0.3 is 0 Å². The molecule has 1 unspecified atom stereocenters. The second-order valence-corrected chi connectivity index (χ2v) is 6.96. The molecule has 3 heterocycles. The lowest BCUT2D eigenvalue weighted by molar-refractivity contribution is 0.311. The maximum Gasteiger partial charge on any atom is 0.0768 e. The molecule has 4 heteroatoms. The number of nitrogens with one attached hydrogen (secondary N) is 1. The number of benzene rings is 1. The first-order valence-corrected chi connectivity index (χ1v) is 8.89. The SMILES string of the molecule is c1ccc(CC2CCN(Cc3cc4n(n3)CCCNC4)C2)cc1. The van der Waals surface area contributed by atoms with Crippen LogP contribution in [0.3, 0.4) is 0 Å². The van der Waals surface area contributed by atoms with Gasteiger partial charge in [0.05, 0.1) is 11.4 Å². The van der Waals surface area contributed by atoms with Crippen molar-refractivity contribution in [3.63, 3.8) is 0 Å². The third-order valence-electron chi connectivity index (χ3n) is 5.07. The van der Waals surface area contributed by atoms with Gasteiger partial charge in [-0.15, -0.1) is 0 Å². The highest BCUT2D eigenvalue weighted by Gasteiger charge is 2.23. The summed E-state index contributed by atoms with van der Waals surface area (Å²) in [6, 6.07) is 13.2. The predicted molar refractivity (Wildman–Crippen MR) is 92.1 cm³/mol. The molecule has 0 amide bonds. The van der Waals surface area contributed by atoms with E-state index in [0.717, 1.165) is 32.1 Å². The second kappa shape index (κ2) is 6.85. The van der Waals surface area contributed by atoms with Crippen molar-refractivity contribution in [2.75, 3.05) is 19.6 Å². The Morgan fingerprint density at radius 3 is 3.00 bits per heavy atom. The Balaban J connectivity index is 1.34. The van der Waals surface area contributed by atoms with Gasteiger partial charge in [-0.05, 0) is 49.9 Å². The van der Waals surface area contributed by atoms with E-state index in [-0.39, 0.29) is 0 Å². The predicted octanol–water partition coefficient (Wildman–Crippen LogP) is 2.44. The lowest BCUT2D eigenvalue weighted by Gasteiger charge is -2.14. The molecule has 122 valence electrons. The molecule has 4 nitrogen and oxygen atoms in total. The number of aryl methyl sites for hydroxylation is 1. The van der Waals surface area contributed by atoms with E-state index in [9.17, 15) is 0 Å². The topological polar surface area (TPSA) is 33.1 Å². The maximum atomic E-state index is 4.82. The van der Waals surface area contributed by atoms with E-state index in [4.69, 9.17) is 5.10 Å². The molecule has 4 rings (SSSR count). The van der Waals surface area contributed by atoms with E-state index >= 15 is 0 Å². The number of fused-ring (bicyclic) bond motifs is 1. The third kappa shape index (κ3) is 3.65. The van der Waals surface area contributed by atoms with Crippen LogP contribution < -0.4 is 5.32 Å². The van der Waals surface area contributed by atoms with Crippen LogP contribution in [0.5, 0.6) is 0 Å². The molecular weight excluding hydrogens is 284 g/mol. The van der Waals surface area contributed by atoms with Crippen LogP contribution in [0.1, 0.15) is 29.8 Å². The van der Waals surface area contributed by atoms with Crippen LogP contribution in [0.15, 0.2) is 36.4 Å². The van der Waals surface area contributed by atoms with Crippen LogP contribution in [-0.2, 0) is 26.1 Å². The first-order chi connectivity index (χ1) is 11.4. The van der Waals surface area contributed by atoms with Crippen LogP contribution in [0.2, 0.25) is 0 Å². The van der Waals surface area contributed by atoms with E-state index in [1.54, 1.807) is 0 Å². The van der Waals surface area contributed by atoms with Crippen LogP contribution in [0.25, 0.3) is 0 Å². The first kappa shape index (κ1) is 14.9. The van der Waals surface area contributed by atoms with Gasteiger partial charge in [0.15, 0.2) is 0 Å². The minimum Gasteiger partial charge on any atom is -0.311 e. The Kier molecular flexibility index (Phi) is 4.44. The van der Waals surface area contributed by atoms with Gasteiger partial charge in [-0.1, -0.05) is 30.3 Å². The van der Waals surface area contributed by atoms with Gasteiger partial charge in [0.25, 0.3) is 0 Å². The number of hydrogen-bond donors (Lipinski definition) is 1. The Morgan fingerprint density at radius 2 is 2.09 bits per heavy atom. The first-order valence-electron chi connectivity index (χ1n) is 8.89. The molecule has 2 aliphatic heterocycles. The fraction of sp³-hybridized carbons (Fsp3) is 0.526. The highest BCUT2D eigenvalue weighted by molar-refractivity contribution is 5.16. The molecule has 23 heavy (non-hydrogen) atoms. The molecule has 0 bridgehead atoms. The van der Waals surface area contributed by atoms with Gasteiger partial charge < -0.3 is 5.32 Å². The monoisotopic (exact) mass is 310 g/mol. The van der Waals surface area contributed by atoms with Gasteiger partial charge in [0.1, 0.15) is 0 Å². The number of likely N-dealkylation sites (tertiary alicyclic amines) is 1. The molecule has 0 radical (unpaired) electrons. The minimum absolute atomic E-state index is 0.791. The zero-order valence-corrected chi connectivity index (χ0v) is 13.7. The average molecular weight is 310 g/mol. The summed E-state index contributed by atoms with van der Waals surface area (Å²) in [6.07, 6.45) is 3.70. The summed E-state index contributed by atoms with van der Waals surface area (Å²) in [6.45, 7) is 6.53. The smallest absolute Gasteiger partial charge is 0.0768 e. The van der Waals surface area contributed by atoms with Gasteiger partial charge in [0, 0.05) is 26.2 Å². The van der Waals surface area contributed by atoms with E-state index in [1.165, 1.54) is 49.3 Å². The summed E-state index contributed by atoms with van der Waals surface area (Å²) in [5.74, 6) is 0.791. The van der Waals surface area contributed by atoms with Gasteiger partial charge in [-0.25, -0.2) is 0 Å². The summed E-state index contributed by atoms with van der Waals surface area (Å²) in [4.78, 5) is 2.57. The van der Waals surface area contributed by atoms with Gasteiger partial charge in [0.2, 0.25) is 0 Å². The average Bonchev–Trinajstić information content (AvgIpc) is 3.10. The number of rotatable bonds is 4. The van der Waals surface area contributed by atoms with Crippen molar-refractivity contribution in [1.29, 1.82) is 0 Å². The molecule has 1 aromatic heterocycles. The lowest BCUT2D eigenvalue weighted by atomic mass is 9.99. The van der Waals surface area contributed by atoms with Crippen LogP contribution >= 0.6 is 0 Å². The molecule has 0 saturated carbocycles. The highest BCUT2D eigenvalue weighted by atomic mass is 15.3. The summed E-state index contributed by atoms with van der Waals surface area (Å²) >= 11 is 0. The summed E-state index contributed by atoms with van der Waals surface area (Å²) in [5.41, 5.74) is 4.06. The van der Waals surface area contributed by atoms with Gasteiger partial charge in [-0.3, -0.25) is 9.58 Å².